The van der Waals surface area contributed by atoms with Gasteiger partial charge in [0.25, 0.3) is 0 Å². The molecule has 4 aromatic carbocycles. The third-order valence-electron chi connectivity index (χ3n) is 5.72. The van der Waals surface area contributed by atoms with Crippen molar-refractivity contribution in [2.75, 3.05) is 6.79 Å². The molecule has 0 aromatic heterocycles. The minimum absolute atomic E-state index is 0.130. The average Bonchev–Trinajstić information content (AvgIpc) is 2.91. The van der Waals surface area contributed by atoms with E-state index >= 15 is 0 Å². The van der Waals surface area contributed by atoms with Crippen molar-refractivity contribution >= 4 is 37.2 Å². The summed E-state index contributed by atoms with van der Waals surface area (Å²) in [5.41, 5.74) is -6.10. The second kappa shape index (κ2) is 11.2. The van der Waals surface area contributed by atoms with Crippen molar-refractivity contribution < 1.29 is 39.5 Å². The summed E-state index contributed by atoms with van der Waals surface area (Å²) in [6, 6.07) is 25.1. The van der Waals surface area contributed by atoms with Crippen LogP contribution in [-0.2, 0) is 23.2 Å². The number of esters is 1. The number of fused-ring (bicyclic) bond motifs is 1. The summed E-state index contributed by atoms with van der Waals surface area (Å²) in [7, 11) is -9.66. The Hall–Kier alpha value is -3.38. The van der Waals surface area contributed by atoms with Crippen LogP contribution in [0, 0.1) is 0 Å². The Balaban J connectivity index is 2.01. The highest BCUT2D eigenvalue weighted by molar-refractivity contribution is 8.33. The number of alkyl halides is 3. The van der Waals surface area contributed by atoms with Gasteiger partial charge < -0.3 is 9.47 Å². The van der Waals surface area contributed by atoms with Crippen LogP contribution in [0.25, 0.3) is 10.8 Å². The molecule has 0 aliphatic rings. The topological polar surface area (TPSA) is 78.9 Å². The fourth-order valence-corrected chi connectivity index (χ4v) is 8.85. The number of carbonyl (C=O) groups excluding carboxylic acids is 1. The van der Waals surface area contributed by atoms with Gasteiger partial charge >= 0.3 is 21.6 Å². The number of hydrogen-bond acceptors (Lipinski definition) is 6. The van der Waals surface area contributed by atoms with Crippen LogP contribution in [0.2, 0.25) is 0 Å². The maximum atomic E-state index is 13.8. The van der Waals surface area contributed by atoms with Gasteiger partial charge in [-0.25, -0.2) is 4.79 Å². The van der Waals surface area contributed by atoms with Crippen LogP contribution >= 0.6 is 10.3 Å². The molecule has 40 heavy (non-hydrogen) atoms. The quantitative estimate of drug-likeness (QED) is 0.118. The lowest BCUT2D eigenvalue weighted by Crippen LogP contribution is -2.27. The maximum Gasteiger partial charge on any atom is 0.524 e. The van der Waals surface area contributed by atoms with E-state index in [1.807, 2.05) is 0 Å². The Bertz CT molecular complexity index is 1560. The van der Waals surface area contributed by atoms with Gasteiger partial charge in [-0.2, -0.15) is 25.2 Å². The number of carbonyl (C=O) groups is 1. The van der Waals surface area contributed by atoms with Crippen LogP contribution in [0.1, 0.15) is 31.1 Å². The molecule has 0 aliphatic carbocycles. The van der Waals surface area contributed by atoms with Crippen LogP contribution in [0.5, 0.6) is 0 Å². The van der Waals surface area contributed by atoms with Gasteiger partial charge in [0.2, 0.25) is 0 Å². The molecule has 0 unspecified atom stereocenters. The predicted octanol–water partition coefficient (Wildman–Crippen LogP) is 7.83. The van der Waals surface area contributed by atoms with E-state index in [4.69, 9.17) is 13.1 Å². The van der Waals surface area contributed by atoms with Crippen molar-refractivity contribution in [3.05, 3.63) is 103 Å². The van der Waals surface area contributed by atoms with Crippen molar-refractivity contribution in [1.29, 1.82) is 0 Å². The van der Waals surface area contributed by atoms with Crippen molar-refractivity contribution in [3.63, 3.8) is 0 Å². The maximum absolute atomic E-state index is 13.8. The molecule has 212 valence electrons. The molecule has 0 atom stereocenters. The van der Waals surface area contributed by atoms with E-state index in [-0.39, 0.29) is 27.0 Å². The van der Waals surface area contributed by atoms with Gasteiger partial charge in [0.05, 0.1) is 11.2 Å². The van der Waals surface area contributed by atoms with Gasteiger partial charge in [0, 0.05) is 14.7 Å². The molecule has 0 bridgehead atoms. The first-order chi connectivity index (χ1) is 18.8. The Labute approximate surface area is 232 Å². The highest BCUT2D eigenvalue weighted by atomic mass is 32.3. The number of hydrogen-bond donors (Lipinski definition) is 0. The lowest BCUT2D eigenvalue weighted by Gasteiger charge is -2.40. The molecule has 0 amide bonds. The third kappa shape index (κ3) is 6.02. The Kier molecular flexibility index (Phi) is 8.32. The summed E-state index contributed by atoms with van der Waals surface area (Å²) in [6.45, 7) is 5.09. The molecule has 0 saturated heterocycles. The first-order valence-electron chi connectivity index (χ1n) is 12.0. The van der Waals surface area contributed by atoms with Gasteiger partial charge in [0.15, 0.2) is 6.79 Å². The number of ether oxygens (including phenoxy) is 2. The van der Waals surface area contributed by atoms with Crippen molar-refractivity contribution in [2.45, 2.75) is 46.6 Å². The van der Waals surface area contributed by atoms with E-state index in [0.29, 0.717) is 10.8 Å². The zero-order chi connectivity index (χ0) is 29.2. The van der Waals surface area contributed by atoms with Gasteiger partial charge in [-0.3, -0.25) is 0 Å². The van der Waals surface area contributed by atoms with Gasteiger partial charge in [0.1, 0.15) is 0 Å². The lowest BCUT2D eigenvalue weighted by atomic mass is 10.0. The van der Waals surface area contributed by atoms with E-state index in [0.717, 1.165) is 0 Å². The van der Waals surface area contributed by atoms with E-state index < -0.39 is 37.5 Å². The molecule has 4 rings (SSSR count). The molecular formula is C29H27F3O6S2. The largest absolute Gasteiger partial charge is 0.524 e. The number of rotatable bonds is 8. The van der Waals surface area contributed by atoms with E-state index in [2.05, 4.69) is 0 Å². The Morgan fingerprint density at radius 3 is 1.73 bits per heavy atom. The fraction of sp³-hybridized carbons (Fsp3) is 0.207. The zero-order valence-corrected chi connectivity index (χ0v) is 23.5. The summed E-state index contributed by atoms with van der Waals surface area (Å²) in [4.78, 5) is 13.6. The van der Waals surface area contributed by atoms with Crippen LogP contribution in [0.15, 0.2) is 112 Å². The molecule has 0 spiro atoms. The SMILES string of the molecule is CC(C)(C)OCOC(=O)c1ccc(S(OS(=O)(=O)C(F)(F)F)(c2ccccc2)c2ccccc2)c2ccccc12. The smallest absolute Gasteiger partial charge is 0.435 e. The molecule has 4 aromatic rings. The normalized spacial score (nSPS) is 13.2. The molecule has 0 aliphatic heterocycles. The lowest BCUT2D eigenvalue weighted by molar-refractivity contribution is -0.0964. The summed E-state index contributed by atoms with van der Waals surface area (Å²) >= 11 is 0. The van der Waals surface area contributed by atoms with E-state index in [1.165, 1.54) is 36.4 Å². The molecule has 0 N–H and O–H groups in total. The minimum Gasteiger partial charge on any atom is -0.435 e. The van der Waals surface area contributed by atoms with Gasteiger partial charge in [-0.1, -0.05) is 60.7 Å². The molecule has 0 radical (unpaired) electrons. The minimum atomic E-state index is -6.09. The second-order valence-corrected chi connectivity index (χ2v) is 14.0. The highest BCUT2D eigenvalue weighted by Gasteiger charge is 2.52. The molecule has 6 nitrogen and oxygen atoms in total. The summed E-state index contributed by atoms with van der Waals surface area (Å²) in [5, 5.41) is 0.672. The molecular weight excluding hydrogens is 565 g/mol. The average molecular weight is 593 g/mol. The van der Waals surface area contributed by atoms with Crippen LogP contribution in [-0.4, -0.2) is 32.3 Å². The van der Waals surface area contributed by atoms with E-state index in [1.54, 1.807) is 81.4 Å². The second-order valence-electron chi connectivity index (χ2n) is 9.61. The van der Waals surface area contributed by atoms with Crippen LogP contribution < -0.4 is 0 Å². The van der Waals surface area contributed by atoms with Gasteiger partial charge in [-0.05, 0) is 78.3 Å². The van der Waals surface area contributed by atoms with Gasteiger partial charge in [-0.15, -0.1) is 0 Å². The Morgan fingerprint density at radius 2 is 1.23 bits per heavy atom. The van der Waals surface area contributed by atoms with Crippen molar-refractivity contribution in [1.82, 2.24) is 0 Å². The summed E-state index contributed by atoms with van der Waals surface area (Å²) in [5.74, 6) is -0.712. The van der Waals surface area contributed by atoms with Crippen molar-refractivity contribution in [3.8, 4) is 0 Å². The van der Waals surface area contributed by atoms with E-state index in [9.17, 15) is 26.4 Å². The monoisotopic (exact) mass is 592 g/mol. The summed E-state index contributed by atoms with van der Waals surface area (Å²) in [6.07, 6.45) is 0. The summed E-state index contributed by atoms with van der Waals surface area (Å²) < 4.78 is 83.0. The molecule has 11 heteroatoms. The highest BCUT2D eigenvalue weighted by Crippen LogP contribution is 2.71. The zero-order valence-electron chi connectivity index (χ0n) is 21.8. The molecule has 0 saturated carbocycles. The standard InChI is InChI=1S/C29H27F3O6S2/c1-28(2,3)37-20-36-27(33)25-18-19-26(24-17-11-10-16-23(24)25)39(21-12-6-4-7-13-21,22-14-8-5-9-15-22)38-40(34,35)29(30,31)32/h4-19H,20H2,1-3H3. The third-order valence-corrected chi connectivity index (χ3v) is 10.7. The van der Waals surface area contributed by atoms with Crippen LogP contribution in [0.3, 0.4) is 0 Å². The van der Waals surface area contributed by atoms with Crippen LogP contribution in [0.4, 0.5) is 13.2 Å². The molecule has 0 fully saturated rings. The number of halogens is 3. The van der Waals surface area contributed by atoms with Crippen molar-refractivity contribution in [2.24, 2.45) is 0 Å². The number of benzene rings is 4. The first-order valence-corrected chi connectivity index (χ1v) is 15.0. The molecule has 0 heterocycles. The predicted molar refractivity (Wildman–Crippen MR) is 146 cm³/mol. The first kappa shape index (κ1) is 29.6. The Morgan fingerprint density at radius 1 is 0.725 bits per heavy atom. The fourth-order valence-electron chi connectivity index (χ4n) is 3.94.